The molecule has 0 spiro atoms. The molecule has 0 aliphatic heterocycles. The Morgan fingerprint density at radius 3 is 2.46 bits per heavy atom. The van der Waals surface area contributed by atoms with E-state index in [1.54, 1.807) is 30.3 Å². The van der Waals surface area contributed by atoms with Crippen LogP contribution in [0.25, 0.3) is 32.9 Å². The lowest BCUT2D eigenvalue weighted by Crippen LogP contribution is -2.07. The Balaban J connectivity index is 2.27. The van der Waals surface area contributed by atoms with E-state index in [9.17, 15) is 10.1 Å². The van der Waals surface area contributed by atoms with Gasteiger partial charge in [0, 0.05) is 16.0 Å². The summed E-state index contributed by atoms with van der Waals surface area (Å²) in [5.41, 5.74) is 1.16. The van der Waals surface area contributed by atoms with E-state index in [0.29, 0.717) is 16.2 Å². The number of nitrogens with zero attached hydrogens (tertiary/aromatic N) is 1. The van der Waals surface area contributed by atoms with Crippen LogP contribution in [0, 0.1) is 11.3 Å². The minimum atomic E-state index is -0.634. The van der Waals surface area contributed by atoms with Gasteiger partial charge in [0.25, 0.3) is 0 Å². The van der Waals surface area contributed by atoms with Crippen LogP contribution in [-0.2, 0) is 0 Å². The molecular formula is C20H10ClNO2. The molecule has 0 aliphatic carbocycles. The van der Waals surface area contributed by atoms with Crippen LogP contribution in [0.2, 0.25) is 5.02 Å². The summed E-state index contributed by atoms with van der Waals surface area (Å²) in [7, 11) is 0. The van der Waals surface area contributed by atoms with Gasteiger partial charge in [-0.2, -0.15) is 5.26 Å². The highest BCUT2D eigenvalue weighted by atomic mass is 35.5. The first kappa shape index (κ1) is 14.5. The van der Waals surface area contributed by atoms with E-state index >= 15 is 0 Å². The molecule has 0 radical (unpaired) electrons. The maximum absolute atomic E-state index is 12.2. The summed E-state index contributed by atoms with van der Waals surface area (Å²) < 4.78 is 5.37. The Bertz CT molecular complexity index is 1180. The van der Waals surface area contributed by atoms with Crippen LogP contribution in [0.1, 0.15) is 5.56 Å². The maximum atomic E-state index is 12.2. The van der Waals surface area contributed by atoms with Gasteiger partial charge in [-0.3, -0.25) is 0 Å². The normalized spacial score (nSPS) is 10.8. The minimum Gasteiger partial charge on any atom is -0.422 e. The van der Waals surface area contributed by atoms with Crippen molar-refractivity contribution in [2.24, 2.45) is 0 Å². The lowest BCUT2D eigenvalue weighted by atomic mass is 9.94. The molecule has 1 aromatic heterocycles. The minimum absolute atomic E-state index is 0.00109. The Kier molecular flexibility index (Phi) is 3.34. The van der Waals surface area contributed by atoms with Gasteiger partial charge in [0.05, 0.1) is 0 Å². The molecule has 24 heavy (non-hydrogen) atoms. The van der Waals surface area contributed by atoms with Crippen LogP contribution >= 0.6 is 11.6 Å². The summed E-state index contributed by atoms with van der Waals surface area (Å²) in [5, 5.41) is 12.8. The second-order valence-electron chi connectivity index (χ2n) is 5.42. The van der Waals surface area contributed by atoms with Gasteiger partial charge in [-0.05, 0) is 34.5 Å². The van der Waals surface area contributed by atoms with Crippen molar-refractivity contribution in [1.82, 2.24) is 0 Å². The average Bonchev–Trinajstić information content (AvgIpc) is 2.61. The number of rotatable bonds is 1. The highest BCUT2D eigenvalue weighted by molar-refractivity contribution is 6.30. The topological polar surface area (TPSA) is 54.0 Å². The van der Waals surface area contributed by atoms with Crippen LogP contribution in [0.15, 0.2) is 69.9 Å². The fourth-order valence-corrected chi connectivity index (χ4v) is 3.11. The molecule has 0 N–H and O–H groups in total. The summed E-state index contributed by atoms with van der Waals surface area (Å²) in [6, 6.07) is 20.6. The second kappa shape index (κ2) is 5.52. The van der Waals surface area contributed by atoms with Crippen LogP contribution in [0.4, 0.5) is 0 Å². The summed E-state index contributed by atoms with van der Waals surface area (Å²) >= 11 is 5.97. The molecule has 1 heterocycles. The fraction of sp³-hybridized carbons (Fsp3) is 0. The van der Waals surface area contributed by atoms with Crippen molar-refractivity contribution in [2.45, 2.75) is 0 Å². The number of hydrogen-bond donors (Lipinski definition) is 0. The molecule has 4 rings (SSSR count). The molecule has 3 aromatic carbocycles. The SMILES string of the molecule is N#Cc1c(-c2ccc(Cl)cc2)c2c(ccc3ccccc32)oc1=O. The molecule has 0 saturated carbocycles. The molecular weight excluding hydrogens is 322 g/mol. The first-order chi connectivity index (χ1) is 11.7. The summed E-state index contributed by atoms with van der Waals surface area (Å²) in [6.45, 7) is 0. The van der Waals surface area contributed by atoms with Crippen molar-refractivity contribution in [3.8, 4) is 17.2 Å². The molecule has 0 atom stereocenters. The maximum Gasteiger partial charge on any atom is 0.354 e. The van der Waals surface area contributed by atoms with Crippen molar-refractivity contribution < 1.29 is 4.42 Å². The van der Waals surface area contributed by atoms with E-state index in [1.165, 1.54) is 0 Å². The molecule has 3 nitrogen and oxygen atoms in total. The number of benzene rings is 3. The first-order valence-corrected chi connectivity index (χ1v) is 7.71. The molecule has 0 amide bonds. The Morgan fingerprint density at radius 1 is 0.958 bits per heavy atom. The zero-order chi connectivity index (χ0) is 16.7. The predicted octanol–water partition coefficient (Wildman–Crippen LogP) is 5.14. The molecule has 4 aromatic rings. The largest absolute Gasteiger partial charge is 0.422 e. The number of hydrogen-bond acceptors (Lipinski definition) is 3. The second-order valence-corrected chi connectivity index (χ2v) is 5.85. The zero-order valence-corrected chi connectivity index (χ0v) is 13.2. The van der Waals surface area contributed by atoms with Crippen molar-refractivity contribution in [3.05, 3.63) is 81.7 Å². The molecule has 4 heteroatoms. The van der Waals surface area contributed by atoms with Gasteiger partial charge in [-0.1, -0.05) is 54.1 Å². The standard InChI is InChI=1S/C20H10ClNO2/c21-14-8-5-13(6-9-14)18-16(11-22)20(23)24-17-10-7-12-3-1-2-4-15(12)19(17)18/h1-10H. The Hall–Kier alpha value is -3.09. The summed E-state index contributed by atoms with van der Waals surface area (Å²) in [5.74, 6) is 0. The van der Waals surface area contributed by atoms with Crippen LogP contribution in [0.3, 0.4) is 0 Å². The van der Waals surface area contributed by atoms with E-state index in [-0.39, 0.29) is 5.56 Å². The molecule has 0 saturated heterocycles. The van der Waals surface area contributed by atoms with Crippen LogP contribution in [0.5, 0.6) is 0 Å². The predicted molar refractivity (Wildman–Crippen MR) is 95.2 cm³/mol. The Morgan fingerprint density at radius 2 is 1.71 bits per heavy atom. The smallest absolute Gasteiger partial charge is 0.354 e. The van der Waals surface area contributed by atoms with Crippen LogP contribution in [-0.4, -0.2) is 0 Å². The van der Waals surface area contributed by atoms with E-state index < -0.39 is 5.63 Å². The third-order valence-corrected chi connectivity index (χ3v) is 4.29. The first-order valence-electron chi connectivity index (χ1n) is 7.33. The van der Waals surface area contributed by atoms with Crippen molar-refractivity contribution in [1.29, 1.82) is 5.26 Å². The van der Waals surface area contributed by atoms with Gasteiger partial charge in [0.2, 0.25) is 0 Å². The lowest BCUT2D eigenvalue weighted by Gasteiger charge is -2.11. The quantitative estimate of drug-likeness (QED) is 0.358. The fourth-order valence-electron chi connectivity index (χ4n) is 2.98. The van der Waals surface area contributed by atoms with Crippen molar-refractivity contribution in [3.63, 3.8) is 0 Å². The number of nitriles is 1. The van der Waals surface area contributed by atoms with Gasteiger partial charge in [-0.25, -0.2) is 4.79 Å². The van der Waals surface area contributed by atoms with E-state index in [2.05, 4.69) is 0 Å². The number of halogens is 1. The van der Waals surface area contributed by atoms with Gasteiger partial charge >= 0.3 is 5.63 Å². The zero-order valence-electron chi connectivity index (χ0n) is 12.4. The Labute approximate surface area is 142 Å². The highest BCUT2D eigenvalue weighted by Gasteiger charge is 2.18. The van der Waals surface area contributed by atoms with Gasteiger partial charge < -0.3 is 4.42 Å². The molecule has 114 valence electrons. The third-order valence-electron chi connectivity index (χ3n) is 4.04. The lowest BCUT2D eigenvalue weighted by molar-refractivity contribution is 0.559. The molecule has 0 fully saturated rings. The molecule has 0 unspecified atom stereocenters. The van der Waals surface area contributed by atoms with E-state index in [0.717, 1.165) is 21.7 Å². The number of fused-ring (bicyclic) bond motifs is 3. The van der Waals surface area contributed by atoms with Gasteiger partial charge in [-0.15, -0.1) is 0 Å². The van der Waals surface area contributed by atoms with E-state index in [4.69, 9.17) is 16.0 Å². The average molecular weight is 332 g/mol. The van der Waals surface area contributed by atoms with Gasteiger partial charge in [0.1, 0.15) is 17.2 Å². The van der Waals surface area contributed by atoms with E-state index in [1.807, 2.05) is 36.4 Å². The van der Waals surface area contributed by atoms with Crippen LogP contribution < -0.4 is 5.63 Å². The highest BCUT2D eigenvalue weighted by Crippen LogP contribution is 2.35. The molecule has 0 aliphatic rings. The van der Waals surface area contributed by atoms with Crippen molar-refractivity contribution in [2.75, 3.05) is 0 Å². The van der Waals surface area contributed by atoms with Crippen molar-refractivity contribution >= 4 is 33.3 Å². The van der Waals surface area contributed by atoms with Gasteiger partial charge in [0.15, 0.2) is 0 Å². The third kappa shape index (κ3) is 2.17. The molecule has 0 bridgehead atoms. The summed E-state index contributed by atoms with van der Waals surface area (Å²) in [4.78, 5) is 12.2. The summed E-state index contributed by atoms with van der Waals surface area (Å²) in [6.07, 6.45) is 0. The monoisotopic (exact) mass is 331 g/mol.